The number of amides is 2. The number of hydrogen-bond acceptors (Lipinski definition) is 2. The van der Waals surface area contributed by atoms with Gasteiger partial charge in [-0.15, -0.1) is 0 Å². The zero-order valence-corrected chi connectivity index (χ0v) is 14.9. The first-order valence-electron chi connectivity index (χ1n) is 8.65. The zero-order chi connectivity index (χ0) is 16.8. The molecule has 2 unspecified atom stereocenters. The second-order valence-electron chi connectivity index (χ2n) is 6.83. The van der Waals surface area contributed by atoms with Crippen molar-refractivity contribution < 1.29 is 9.53 Å². The molecule has 2 amide bonds. The van der Waals surface area contributed by atoms with Gasteiger partial charge in [0.2, 0.25) is 0 Å². The van der Waals surface area contributed by atoms with Gasteiger partial charge < -0.3 is 15.0 Å². The fraction of sp³-hybridized carbons (Fsp3) is 0.632. The topological polar surface area (TPSA) is 41.6 Å². The summed E-state index contributed by atoms with van der Waals surface area (Å²) in [7, 11) is 3.61. The van der Waals surface area contributed by atoms with E-state index < -0.39 is 0 Å². The third kappa shape index (κ3) is 4.88. The Balaban J connectivity index is 1.83. The molecule has 0 heterocycles. The van der Waals surface area contributed by atoms with Crippen molar-refractivity contribution in [3.8, 4) is 5.75 Å². The highest BCUT2D eigenvalue weighted by atomic mass is 16.5. The summed E-state index contributed by atoms with van der Waals surface area (Å²) >= 11 is 0. The summed E-state index contributed by atoms with van der Waals surface area (Å²) in [5, 5.41) is 3.05. The monoisotopic (exact) mass is 318 g/mol. The Morgan fingerprint density at radius 1 is 1.39 bits per heavy atom. The van der Waals surface area contributed by atoms with Crippen LogP contribution < -0.4 is 10.1 Å². The van der Waals surface area contributed by atoms with Crippen molar-refractivity contribution >= 4 is 6.03 Å². The van der Waals surface area contributed by atoms with Crippen LogP contribution in [-0.4, -0.2) is 37.7 Å². The highest BCUT2D eigenvalue weighted by Gasteiger charge is 2.25. The first kappa shape index (κ1) is 17.6. The van der Waals surface area contributed by atoms with Crippen molar-refractivity contribution in [3.05, 3.63) is 29.3 Å². The lowest BCUT2D eigenvalue weighted by molar-refractivity contribution is 0.160. The Morgan fingerprint density at radius 2 is 2.17 bits per heavy atom. The normalized spacial score (nSPS) is 20.9. The van der Waals surface area contributed by atoms with Crippen molar-refractivity contribution in [2.24, 2.45) is 5.92 Å². The molecular formula is C19H30N2O2. The summed E-state index contributed by atoms with van der Waals surface area (Å²) in [5.74, 6) is 1.61. The molecule has 1 aromatic rings. The number of rotatable bonds is 5. The van der Waals surface area contributed by atoms with Crippen LogP contribution in [-0.2, 0) is 6.42 Å². The first-order chi connectivity index (χ1) is 11.0. The molecule has 1 aromatic carbocycles. The van der Waals surface area contributed by atoms with Crippen LogP contribution in [0.4, 0.5) is 4.79 Å². The smallest absolute Gasteiger partial charge is 0.317 e. The molecule has 0 radical (unpaired) electrons. The van der Waals surface area contributed by atoms with Gasteiger partial charge in [-0.3, -0.25) is 0 Å². The number of carbonyl (C=O) groups excluding carboxylic acids is 1. The molecule has 1 N–H and O–H groups in total. The average molecular weight is 318 g/mol. The van der Waals surface area contributed by atoms with Crippen molar-refractivity contribution in [2.45, 2.75) is 52.0 Å². The fourth-order valence-electron chi connectivity index (χ4n) is 3.45. The van der Waals surface area contributed by atoms with E-state index in [-0.39, 0.29) is 6.03 Å². The Morgan fingerprint density at radius 3 is 2.87 bits per heavy atom. The second kappa shape index (κ2) is 8.23. The summed E-state index contributed by atoms with van der Waals surface area (Å²) in [4.78, 5) is 14.2. The van der Waals surface area contributed by atoms with Crippen LogP contribution in [0.3, 0.4) is 0 Å². The van der Waals surface area contributed by atoms with Gasteiger partial charge in [-0.05, 0) is 43.7 Å². The minimum absolute atomic E-state index is 0.0377. The van der Waals surface area contributed by atoms with Gasteiger partial charge in [0.25, 0.3) is 0 Å². The quantitative estimate of drug-likeness (QED) is 0.898. The third-order valence-corrected chi connectivity index (χ3v) is 4.88. The van der Waals surface area contributed by atoms with Gasteiger partial charge in [0.15, 0.2) is 0 Å². The highest BCUT2D eigenvalue weighted by Crippen LogP contribution is 2.26. The van der Waals surface area contributed by atoms with E-state index in [9.17, 15) is 4.79 Å². The highest BCUT2D eigenvalue weighted by molar-refractivity contribution is 5.74. The summed E-state index contributed by atoms with van der Waals surface area (Å²) < 4.78 is 5.39. The van der Waals surface area contributed by atoms with Crippen molar-refractivity contribution in [1.29, 1.82) is 0 Å². The van der Waals surface area contributed by atoms with Gasteiger partial charge in [0.05, 0.1) is 7.11 Å². The van der Waals surface area contributed by atoms with Gasteiger partial charge in [0.1, 0.15) is 5.75 Å². The molecule has 23 heavy (non-hydrogen) atoms. The summed E-state index contributed by atoms with van der Waals surface area (Å²) in [6.07, 6.45) is 5.55. The van der Waals surface area contributed by atoms with Crippen LogP contribution in [0.15, 0.2) is 18.2 Å². The number of urea groups is 1. The molecule has 0 bridgehead atoms. The van der Waals surface area contributed by atoms with E-state index in [1.54, 1.807) is 7.11 Å². The Hall–Kier alpha value is -1.71. The first-order valence-corrected chi connectivity index (χ1v) is 8.65. The van der Waals surface area contributed by atoms with E-state index in [0.29, 0.717) is 12.6 Å². The van der Waals surface area contributed by atoms with Gasteiger partial charge >= 0.3 is 6.03 Å². The van der Waals surface area contributed by atoms with Gasteiger partial charge in [0, 0.05) is 19.6 Å². The molecular weight excluding hydrogens is 288 g/mol. The number of nitrogens with one attached hydrogen (secondary N) is 1. The number of hydrogen-bond donors (Lipinski definition) is 1. The Bertz CT molecular complexity index is 530. The number of benzene rings is 1. The van der Waals surface area contributed by atoms with Gasteiger partial charge in [-0.25, -0.2) is 4.79 Å². The molecule has 0 spiro atoms. The lowest BCUT2D eigenvalue weighted by Gasteiger charge is -2.34. The molecule has 1 saturated carbocycles. The third-order valence-electron chi connectivity index (χ3n) is 4.88. The Labute approximate surface area is 140 Å². The SMILES string of the molecule is COc1ccc(C)cc1CCNC(=O)N(C)C1CCCC(C)C1. The summed E-state index contributed by atoms with van der Waals surface area (Å²) in [6, 6.07) is 6.57. The Kier molecular flexibility index (Phi) is 6.31. The van der Waals surface area contributed by atoms with Crippen LogP contribution in [0.5, 0.6) is 5.75 Å². The molecule has 1 aliphatic carbocycles. The van der Waals surface area contributed by atoms with Gasteiger partial charge in [-0.2, -0.15) is 0 Å². The van der Waals surface area contributed by atoms with Crippen molar-refractivity contribution in [3.63, 3.8) is 0 Å². The van der Waals surface area contributed by atoms with E-state index in [4.69, 9.17) is 4.74 Å². The largest absolute Gasteiger partial charge is 0.496 e. The lowest BCUT2D eigenvalue weighted by Crippen LogP contribution is -2.45. The molecule has 1 fully saturated rings. The van der Waals surface area contributed by atoms with Crippen molar-refractivity contribution in [1.82, 2.24) is 10.2 Å². The van der Waals surface area contributed by atoms with Crippen molar-refractivity contribution in [2.75, 3.05) is 20.7 Å². The number of carbonyl (C=O) groups is 1. The molecule has 4 heteroatoms. The number of aryl methyl sites for hydroxylation is 1. The minimum atomic E-state index is 0.0377. The molecule has 0 aliphatic heterocycles. The summed E-state index contributed by atoms with van der Waals surface area (Å²) in [5.41, 5.74) is 2.35. The molecule has 1 aliphatic rings. The molecule has 128 valence electrons. The number of methoxy groups -OCH3 is 1. The van der Waals surface area contributed by atoms with Crippen LogP contribution in [0.25, 0.3) is 0 Å². The van der Waals surface area contributed by atoms with Gasteiger partial charge in [-0.1, -0.05) is 37.5 Å². The molecule has 2 atom stereocenters. The molecule has 4 nitrogen and oxygen atoms in total. The van der Waals surface area contributed by atoms with E-state index in [1.165, 1.54) is 18.4 Å². The maximum Gasteiger partial charge on any atom is 0.317 e. The second-order valence-corrected chi connectivity index (χ2v) is 6.83. The lowest BCUT2D eigenvalue weighted by atomic mass is 9.86. The van der Waals surface area contributed by atoms with E-state index in [0.717, 1.165) is 36.5 Å². The van der Waals surface area contributed by atoms with Crippen LogP contribution >= 0.6 is 0 Å². The standard InChI is InChI=1S/C19H30N2O2/c1-14-6-5-7-17(13-14)21(3)19(22)20-11-10-16-12-15(2)8-9-18(16)23-4/h8-9,12,14,17H,5-7,10-11,13H2,1-4H3,(H,20,22). The van der Waals surface area contributed by atoms with Crippen LogP contribution in [0, 0.1) is 12.8 Å². The number of ether oxygens (including phenoxy) is 1. The molecule has 0 aromatic heterocycles. The predicted molar refractivity (Wildman–Crippen MR) is 94.0 cm³/mol. The maximum atomic E-state index is 12.3. The van der Waals surface area contributed by atoms with E-state index >= 15 is 0 Å². The van der Waals surface area contributed by atoms with E-state index in [1.807, 2.05) is 24.1 Å². The maximum absolute atomic E-state index is 12.3. The average Bonchev–Trinajstić information content (AvgIpc) is 2.54. The number of nitrogens with zero attached hydrogens (tertiary/aromatic N) is 1. The fourth-order valence-corrected chi connectivity index (χ4v) is 3.45. The van der Waals surface area contributed by atoms with E-state index in [2.05, 4.69) is 25.2 Å². The minimum Gasteiger partial charge on any atom is -0.496 e. The molecule has 2 rings (SSSR count). The van der Waals surface area contributed by atoms with Crippen LogP contribution in [0.1, 0.15) is 43.7 Å². The predicted octanol–water partition coefficient (Wildman–Crippen LogP) is 3.77. The summed E-state index contributed by atoms with van der Waals surface area (Å²) in [6.45, 7) is 4.98. The van der Waals surface area contributed by atoms with Crippen LogP contribution in [0.2, 0.25) is 0 Å². The molecule has 0 saturated heterocycles. The zero-order valence-electron chi connectivity index (χ0n) is 14.9.